The second kappa shape index (κ2) is 6.17. The first-order chi connectivity index (χ1) is 9.90. The molecule has 21 heavy (non-hydrogen) atoms. The molecule has 0 bridgehead atoms. The van der Waals surface area contributed by atoms with Gasteiger partial charge in [-0.15, -0.1) is 0 Å². The summed E-state index contributed by atoms with van der Waals surface area (Å²) in [5.74, 6) is -2.07. The molecular formula is C12H13NO7S. The van der Waals surface area contributed by atoms with Crippen LogP contribution in [0.25, 0.3) is 0 Å². The highest BCUT2D eigenvalue weighted by molar-refractivity contribution is 8.04. The zero-order valence-electron chi connectivity index (χ0n) is 11.4. The minimum Gasteiger partial charge on any atom is -0.460 e. The number of hydrogen-bond donors (Lipinski definition) is 0. The highest BCUT2D eigenvalue weighted by Gasteiger charge is 2.49. The summed E-state index contributed by atoms with van der Waals surface area (Å²) in [6, 6.07) is 0. The molecule has 2 rings (SSSR count). The summed E-state index contributed by atoms with van der Waals surface area (Å²) in [5.41, 5.74) is 0.0506. The van der Waals surface area contributed by atoms with Crippen LogP contribution in [0.5, 0.6) is 0 Å². The fraction of sp³-hybridized carbons (Fsp3) is 0.500. The summed E-state index contributed by atoms with van der Waals surface area (Å²) < 4.78 is 14.2. The van der Waals surface area contributed by atoms with Crippen LogP contribution in [-0.2, 0) is 33.4 Å². The first kappa shape index (κ1) is 15.4. The number of fused-ring (bicyclic) bond motifs is 1. The highest BCUT2D eigenvalue weighted by Crippen LogP contribution is 2.46. The Bertz CT molecular complexity index is 542. The standard InChI is InChI=1S/C12H13NO7S/c1-6(14)18-4-8-11(12(17)20-5-19-7(2)15)13-9(16)3-10(13)21-8/h10H,3-5H2,1-2H3/t10-/m1/s1. The van der Waals surface area contributed by atoms with Crippen LogP contribution in [0.4, 0.5) is 0 Å². The smallest absolute Gasteiger partial charge is 0.358 e. The highest BCUT2D eigenvalue weighted by atomic mass is 32.2. The van der Waals surface area contributed by atoms with Crippen LogP contribution < -0.4 is 0 Å². The van der Waals surface area contributed by atoms with E-state index in [9.17, 15) is 19.2 Å². The molecule has 8 nitrogen and oxygen atoms in total. The van der Waals surface area contributed by atoms with Crippen LogP contribution in [0.15, 0.2) is 10.6 Å². The molecule has 1 fully saturated rings. The maximum absolute atomic E-state index is 12.0. The van der Waals surface area contributed by atoms with Crippen molar-refractivity contribution in [1.29, 1.82) is 0 Å². The molecule has 114 valence electrons. The first-order valence-corrected chi connectivity index (χ1v) is 6.94. The Kier molecular flexibility index (Phi) is 4.51. The second-order valence-electron chi connectivity index (χ2n) is 4.28. The van der Waals surface area contributed by atoms with Crippen LogP contribution in [0, 0.1) is 0 Å². The molecule has 0 N–H and O–H groups in total. The van der Waals surface area contributed by atoms with Gasteiger partial charge in [-0.25, -0.2) is 4.79 Å². The molecule has 1 saturated heterocycles. The van der Waals surface area contributed by atoms with Crippen molar-refractivity contribution in [3.8, 4) is 0 Å². The van der Waals surface area contributed by atoms with Gasteiger partial charge in [0.05, 0.1) is 16.7 Å². The molecule has 0 saturated carbocycles. The summed E-state index contributed by atoms with van der Waals surface area (Å²) in [6.45, 7) is 1.80. The molecule has 9 heteroatoms. The van der Waals surface area contributed by atoms with Crippen molar-refractivity contribution in [3.05, 3.63) is 10.6 Å². The summed E-state index contributed by atoms with van der Waals surface area (Å²) in [6.07, 6.45) is 0.314. The monoisotopic (exact) mass is 315 g/mol. The van der Waals surface area contributed by atoms with Gasteiger partial charge in [-0.1, -0.05) is 11.8 Å². The SMILES string of the molecule is CC(=O)OCOC(=O)C1=C(COC(C)=O)S[C@@H]2CC(=O)N12. The quantitative estimate of drug-likeness (QED) is 0.401. The lowest BCUT2D eigenvalue weighted by molar-refractivity contribution is -0.166. The Morgan fingerprint density at radius 3 is 2.43 bits per heavy atom. The van der Waals surface area contributed by atoms with E-state index in [2.05, 4.69) is 4.74 Å². The number of rotatable bonds is 5. The normalized spacial score (nSPS) is 19.8. The molecule has 0 spiro atoms. The number of hydrogen-bond acceptors (Lipinski definition) is 8. The van der Waals surface area contributed by atoms with Crippen LogP contribution in [-0.4, -0.2) is 47.5 Å². The molecular weight excluding hydrogens is 302 g/mol. The Morgan fingerprint density at radius 2 is 1.86 bits per heavy atom. The van der Waals surface area contributed by atoms with Crippen molar-refractivity contribution in [1.82, 2.24) is 4.90 Å². The number of β-lactam (4-membered cyclic amide) rings is 1. The molecule has 1 atom stereocenters. The van der Waals surface area contributed by atoms with E-state index in [0.717, 1.165) is 0 Å². The van der Waals surface area contributed by atoms with Gasteiger partial charge in [-0.2, -0.15) is 0 Å². The predicted molar refractivity (Wildman–Crippen MR) is 69.2 cm³/mol. The summed E-state index contributed by atoms with van der Waals surface area (Å²) in [7, 11) is 0. The zero-order valence-corrected chi connectivity index (χ0v) is 12.2. The molecule has 2 aliphatic heterocycles. The summed E-state index contributed by atoms with van der Waals surface area (Å²) in [4.78, 5) is 46.8. The lowest BCUT2D eigenvalue weighted by Crippen LogP contribution is -2.48. The largest absolute Gasteiger partial charge is 0.460 e. The topological polar surface area (TPSA) is 99.2 Å². The van der Waals surface area contributed by atoms with Crippen LogP contribution in [0.1, 0.15) is 20.3 Å². The number of ether oxygens (including phenoxy) is 3. The average molecular weight is 315 g/mol. The first-order valence-electron chi connectivity index (χ1n) is 6.06. The minimum atomic E-state index is -0.790. The lowest BCUT2D eigenvalue weighted by Gasteiger charge is -2.34. The Balaban J connectivity index is 2.07. The molecule has 0 radical (unpaired) electrons. The minimum absolute atomic E-state index is 0.0506. The molecule has 2 aliphatic rings. The average Bonchev–Trinajstić information content (AvgIpc) is 2.68. The third-order valence-electron chi connectivity index (χ3n) is 2.74. The lowest BCUT2D eigenvalue weighted by atomic mass is 10.1. The van der Waals surface area contributed by atoms with E-state index in [1.54, 1.807) is 0 Å². The van der Waals surface area contributed by atoms with Gasteiger partial charge in [0.2, 0.25) is 12.7 Å². The van der Waals surface area contributed by atoms with Gasteiger partial charge in [-0.3, -0.25) is 19.3 Å². The maximum atomic E-state index is 12.0. The van der Waals surface area contributed by atoms with Crippen molar-refractivity contribution in [3.63, 3.8) is 0 Å². The van der Waals surface area contributed by atoms with Crippen molar-refractivity contribution in [2.45, 2.75) is 25.6 Å². The van der Waals surface area contributed by atoms with Crippen molar-refractivity contribution in [2.75, 3.05) is 13.4 Å². The van der Waals surface area contributed by atoms with Gasteiger partial charge < -0.3 is 14.2 Å². The zero-order chi connectivity index (χ0) is 15.6. The van der Waals surface area contributed by atoms with Gasteiger partial charge in [0.25, 0.3) is 0 Å². The number of thioether (sulfide) groups is 1. The third-order valence-corrected chi connectivity index (χ3v) is 3.99. The molecule has 0 aromatic rings. The fourth-order valence-electron chi connectivity index (χ4n) is 1.82. The van der Waals surface area contributed by atoms with Gasteiger partial charge in [0.1, 0.15) is 12.3 Å². The van der Waals surface area contributed by atoms with Crippen molar-refractivity contribution >= 4 is 35.6 Å². The predicted octanol–water partition coefficient (Wildman–Crippen LogP) is 0.130. The maximum Gasteiger partial charge on any atom is 0.358 e. The van der Waals surface area contributed by atoms with E-state index < -0.39 is 24.7 Å². The molecule has 0 aliphatic carbocycles. The van der Waals surface area contributed by atoms with Crippen molar-refractivity contribution < 1.29 is 33.4 Å². The van der Waals surface area contributed by atoms with E-state index >= 15 is 0 Å². The van der Waals surface area contributed by atoms with Gasteiger partial charge >= 0.3 is 17.9 Å². The summed E-state index contributed by atoms with van der Waals surface area (Å²) in [5, 5.41) is -0.167. The number of esters is 3. The Hall–Kier alpha value is -2.03. The second-order valence-corrected chi connectivity index (χ2v) is 5.55. The summed E-state index contributed by atoms with van der Waals surface area (Å²) >= 11 is 1.28. The van der Waals surface area contributed by atoms with Gasteiger partial charge in [0.15, 0.2) is 0 Å². The number of amides is 1. The fourth-order valence-corrected chi connectivity index (χ4v) is 3.12. The van der Waals surface area contributed by atoms with Crippen LogP contribution >= 0.6 is 11.8 Å². The Morgan fingerprint density at radius 1 is 1.19 bits per heavy atom. The third kappa shape index (κ3) is 3.35. The van der Waals surface area contributed by atoms with Crippen LogP contribution in [0.2, 0.25) is 0 Å². The number of carbonyl (C=O) groups is 4. The molecule has 1 amide bonds. The van der Waals surface area contributed by atoms with Gasteiger partial charge in [0, 0.05) is 13.8 Å². The van der Waals surface area contributed by atoms with E-state index in [0.29, 0.717) is 11.3 Å². The molecule has 2 heterocycles. The molecule has 0 unspecified atom stereocenters. The van der Waals surface area contributed by atoms with E-state index in [1.807, 2.05) is 0 Å². The number of carbonyl (C=O) groups excluding carboxylic acids is 4. The van der Waals surface area contributed by atoms with Gasteiger partial charge in [-0.05, 0) is 0 Å². The molecule has 0 aromatic carbocycles. The number of nitrogens with zero attached hydrogens (tertiary/aromatic N) is 1. The molecule has 0 aromatic heterocycles. The van der Waals surface area contributed by atoms with Crippen molar-refractivity contribution in [2.24, 2.45) is 0 Å². The van der Waals surface area contributed by atoms with E-state index in [4.69, 9.17) is 9.47 Å². The van der Waals surface area contributed by atoms with E-state index in [1.165, 1.54) is 30.5 Å². The Labute approximate surface area is 124 Å². The van der Waals surface area contributed by atoms with Crippen LogP contribution in [0.3, 0.4) is 0 Å². The van der Waals surface area contributed by atoms with E-state index in [-0.39, 0.29) is 23.6 Å².